The highest BCUT2D eigenvalue weighted by molar-refractivity contribution is 8.14. The number of fused-ring (bicyclic) bond motifs is 1. The Labute approximate surface area is 277 Å². The number of carbonyl (C=O) groups is 2. The van der Waals surface area contributed by atoms with Crippen molar-refractivity contribution in [2.45, 2.75) is 29.3 Å². The van der Waals surface area contributed by atoms with E-state index in [-0.39, 0.29) is 40.2 Å². The zero-order valence-electron chi connectivity index (χ0n) is 25.2. The molecule has 2 unspecified atom stereocenters. The zero-order valence-corrected chi connectivity index (χ0v) is 26.8. The van der Waals surface area contributed by atoms with Gasteiger partial charge in [-0.15, -0.1) is 0 Å². The maximum atomic E-state index is 14.8. The number of nitriles is 1. The molecule has 4 aromatic rings. The normalized spacial score (nSPS) is 21.6. The lowest BCUT2D eigenvalue weighted by Gasteiger charge is -2.29. The number of sulfonamides is 1. The van der Waals surface area contributed by atoms with Crippen LogP contribution in [0.15, 0.2) is 114 Å². The van der Waals surface area contributed by atoms with Gasteiger partial charge in [-0.25, -0.2) is 13.4 Å². The summed E-state index contributed by atoms with van der Waals surface area (Å²) in [4.78, 5) is 43.5. The van der Waals surface area contributed by atoms with E-state index in [0.717, 1.165) is 11.1 Å². The van der Waals surface area contributed by atoms with Gasteiger partial charge in [0.1, 0.15) is 0 Å². The van der Waals surface area contributed by atoms with E-state index in [0.29, 0.717) is 42.2 Å². The number of Topliss-reactive ketones (excluding diaryl/α,β-unsaturated/α-hetero) is 1. The van der Waals surface area contributed by atoms with Crippen molar-refractivity contribution >= 4 is 38.6 Å². The Kier molecular flexibility index (Phi) is 8.21. The highest BCUT2D eigenvalue weighted by Crippen LogP contribution is 2.53. The van der Waals surface area contributed by atoms with Crippen molar-refractivity contribution in [3.8, 4) is 6.07 Å². The Balaban J connectivity index is 1.19. The lowest BCUT2D eigenvalue weighted by atomic mass is 9.85. The Morgan fingerprint density at radius 2 is 1.45 bits per heavy atom. The molecule has 0 radical (unpaired) electrons. The monoisotopic (exact) mass is 662 g/mol. The molecule has 7 rings (SSSR count). The summed E-state index contributed by atoms with van der Waals surface area (Å²) in [7, 11) is -3.66. The Bertz CT molecular complexity index is 1930. The summed E-state index contributed by atoms with van der Waals surface area (Å²) in [6, 6.07) is 24.2. The Morgan fingerprint density at radius 1 is 0.872 bits per heavy atom. The summed E-state index contributed by atoms with van der Waals surface area (Å²) in [5.41, 5.74) is 1.57. The number of aliphatic imine (C=N–C) groups is 1. The van der Waals surface area contributed by atoms with Crippen LogP contribution in [0.3, 0.4) is 0 Å². The van der Waals surface area contributed by atoms with Gasteiger partial charge in [-0.05, 0) is 59.7 Å². The molecule has 0 N–H and O–H groups in total. The summed E-state index contributed by atoms with van der Waals surface area (Å²) in [6.07, 6.45) is 7.42. The molecule has 2 aromatic heterocycles. The van der Waals surface area contributed by atoms with Crippen LogP contribution in [0.1, 0.15) is 27.0 Å². The molecule has 1 amide bonds. The minimum Gasteiger partial charge on any atom is -0.293 e. The van der Waals surface area contributed by atoms with E-state index in [2.05, 4.69) is 16.0 Å². The zero-order chi connectivity index (χ0) is 32.6. The quantitative estimate of drug-likeness (QED) is 0.233. The van der Waals surface area contributed by atoms with Gasteiger partial charge < -0.3 is 0 Å². The molecule has 2 atom stereocenters. The maximum Gasteiger partial charge on any atom is 0.257 e. The lowest BCUT2D eigenvalue weighted by molar-refractivity contribution is -0.131. The number of nitrogens with zero attached hydrogens (tertiary/aromatic N) is 6. The van der Waals surface area contributed by atoms with Gasteiger partial charge in [0.05, 0.1) is 22.3 Å². The largest absolute Gasteiger partial charge is 0.293 e. The van der Waals surface area contributed by atoms with Crippen molar-refractivity contribution in [3.05, 3.63) is 126 Å². The predicted molar refractivity (Wildman–Crippen MR) is 177 cm³/mol. The molecule has 236 valence electrons. The third-order valence-corrected chi connectivity index (χ3v) is 11.9. The van der Waals surface area contributed by atoms with Gasteiger partial charge in [-0.1, -0.05) is 42.1 Å². The fourth-order valence-electron chi connectivity index (χ4n) is 6.65. The predicted octanol–water partition coefficient (Wildman–Crippen LogP) is 4.01. The number of carbonyl (C=O) groups excluding carboxylic acids is 2. The van der Waals surface area contributed by atoms with Gasteiger partial charge in [0, 0.05) is 74.2 Å². The minimum absolute atomic E-state index is 0.0462. The van der Waals surface area contributed by atoms with Gasteiger partial charge in [0.2, 0.25) is 10.0 Å². The molecule has 2 fully saturated rings. The number of aromatic nitrogens is 2. The summed E-state index contributed by atoms with van der Waals surface area (Å²) >= 11 is 1.23. The van der Waals surface area contributed by atoms with Crippen molar-refractivity contribution < 1.29 is 18.0 Å². The lowest BCUT2D eigenvalue weighted by Crippen LogP contribution is -2.48. The molecule has 0 spiro atoms. The standard InChI is InChI=1S/C35H30N6O4S2/c36-20-26-6-8-27(9-7-26)31(42)23-46-34-39-35(18-24-10-14-37-15-11-24,19-25-12-16-38-17-13-25)33(43)41(34)32-29-21-40(22-30(29)32)47(44,45)28-4-2-1-3-5-28/h1-17,29-30,32H,18-19,21-23H2. The van der Waals surface area contributed by atoms with Crippen LogP contribution in [-0.2, 0) is 27.7 Å². The van der Waals surface area contributed by atoms with Crippen LogP contribution in [0.4, 0.5) is 0 Å². The number of piperidine rings is 1. The van der Waals surface area contributed by atoms with Crippen LogP contribution >= 0.6 is 11.8 Å². The van der Waals surface area contributed by atoms with Crippen LogP contribution in [-0.4, -0.2) is 74.9 Å². The van der Waals surface area contributed by atoms with E-state index in [4.69, 9.17) is 10.3 Å². The number of ketones is 1. The number of hydrogen-bond acceptors (Lipinski definition) is 9. The number of thioether (sulfide) groups is 1. The van der Waals surface area contributed by atoms with Crippen LogP contribution < -0.4 is 0 Å². The molecule has 12 heteroatoms. The second-order valence-corrected chi connectivity index (χ2v) is 14.9. The third-order valence-electron chi connectivity index (χ3n) is 9.09. The van der Waals surface area contributed by atoms with E-state index < -0.39 is 15.6 Å². The third kappa shape index (κ3) is 5.98. The highest BCUT2D eigenvalue weighted by Gasteiger charge is 2.65. The summed E-state index contributed by atoms with van der Waals surface area (Å²) in [5, 5.41) is 9.61. The molecule has 1 saturated carbocycles. The molecule has 2 aliphatic heterocycles. The molecule has 1 aliphatic carbocycles. The first-order chi connectivity index (χ1) is 22.8. The second kappa shape index (κ2) is 12.5. The van der Waals surface area contributed by atoms with Crippen molar-refractivity contribution in [1.82, 2.24) is 19.2 Å². The summed E-state index contributed by atoms with van der Waals surface area (Å²) in [6.45, 7) is 0.611. The number of pyridine rings is 2. The first-order valence-electron chi connectivity index (χ1n) is 15.2. The SMILES string of the molecule is N#Cc1ccc(C(=O)CSC2=NC(Cc3ccncc3)(Cc3ccncc3)C(=O)N2C2C3CN(S(=O)(=O)c4ccccc4)CC32)cc1. The van der Waals surface area contributed by atoms with E-state index in [1.54, 1.807) is 84.3 Å². The Morgan fingerprint density at radius 3 is 2.00 bits per heavy atom. The van der Waals surface area contributed by atoms with Crippen molar-refractivity contribution in [1.29, 1.82) is 5.26 Å². The molecular formula is C35H30N6O4S2. The molecule has 4 heterocycles. The smallest absolute Gasteiger partial charge is 0.257 e. The van der Waals surface area contributed by atoms with Gasteiger partial charge in [0.15, 0.2) is 16.5 Å². The fourth-order valence-corrected chi connectivity index (χ4v) is 9.20. The molecule has 0 bridgehead atoms. The number of benzene rings is 2. The van der Waals surface area contributed by atoms with E-state index in [1.807, 2.05) is 24.3 Å². The second-order valence-electron chi connectivity index (χ2n) is 12.0. The van der Waals surface area contributed by atoms with Crippen LogP contribution in [0.25, 0.3) is 0 Å². The van der Waals surface area contributed by atoms with Gasteiger partial charge in [-0.3, -0.25) is 24.5 Å². The average molecular weight is 663 g/mol. The van der Waals surface area contributed by atoms with E-state index >= 15 is 0 Å². The molecule has 47 heavy (non-hydrogen) atoms. The van der Waals surface area contributed by atoms with Gasteiger partial charge in [-0.2, -0.15) is 9.57 Å². The first kappa shape index (κ1) is 30.9. The van der Waals surface area contributed by atoms with Crippen molar-refractivity contribution in [3.63, 3.8) is 0 Å². The maximum absolute atomic E-state index is 14.8. The average Bonchev–Trinajstić information content (AvgIpc) is 3.43. The Hall–Kier alpha value is -4.70. The fraction of sp³-hybridized carbons (Fsp3) is 0.257. The number of amidine groups is 1. The minimum atomic E-state index is -3.66. The highest BCUT2D eigenvalue weighted by atomic mass is 32.2. The molecule has 2 aromatic carbocycles. The van der Waals surface area contributed by atoms with E-state index in [1.165, 1.54) is 16.1 Å². The number of rotatable bonds is 10. The van der Waals surface area contributed by atoms with Crippen LogP contribution in [0.5, 0.6) is 0 Å². The molecule has 10 nitrogen and oxygen atoms in total. The van der Waals surface area contributed by atoms with Crippen molar-refractivity contribution in [2.75, 3.05) is 18.8 Å². The topological polar surface area (TPSA) is 137 Å². The van der Waals surface area contributed by atoms with E-state index in [9.17, 15) is 18.0 Å². The summed E-state index contributed by atoms with van der Waals surface area (Å²) < 4.78 is 28.3. The number of hydrogen-bond donors (Lipinski definition) is 0. The molecular weight excluding hydrogens is 633 g/mol. The van der Waals surface area contributed by atoms with Crippen LogP contribution in [0, 0.1) is 23.2 Å². The van der Waals surface area contributed by atoms with Crippen molar-refractivity contribution in [2.24, 2.45) is 16.8 Å². The first-order valence-corrected chi connectivity index (χ1v) is 17.6. The van der Waals surface area contributed by atoms with Gasteiger partial charge in [0.25, 0.3) is 5.91 Å². The van der Waals surface area contributed by atoms with Crippen LogP contribution in [0.2, 0.25) is 0 Å². The molecule has 3 aliphatic rings. The van der Waals surface area contributed by atoms with Gasteiger partial charge >= 0.3 is 0 Å². The summed E-state index contributed by atoms with van der Waals surface area (Å²) in [5.74, 6) is -0.348. The number of amides is 1. The molecule has 1 saturated heterocycles.